The lowest BCUT2D eigenvalue weighted by Crippen LogP contribution is -2.12. The van der Waals surface area contributed by atoms with Gasteiger partial charge in [-0.1, -0.05) is 22.0 Å². The molecule has 1 fully saturated rings. The summed E-state index contributed by atoms with van der Waals surface area (Å²) in [5, 5.41) is 0. The quantitative estimate of drug-likeness (QED) is 0.844. The second-order valence-electron chi connectivity index (χ2n) is 3.53. The fraction of sp³-hybridized carbons (Fsp3) is 0.455. The van der Waals surface area contributed by atoms with Crippen molar-refractivity contribution in [3.8, 4) is 0 Å². The smallest absolute Gasteiger partial charge is 0.124 e. The van der Waals surface area contributed by atoms with Crippen molar-refractivity contribution in [3.63, 3.8) is 0 Å². The van der Waals surface area contributed by atoms with Gasteiger partial charge in [0.2, 0.25) is 0 Å². The zero-order valence-corrected chi connectivity index (χ0v) is 9.80. The molecule has 0 amide bonds. The number of hydrogen-bond donors (Lipinski definition) is 0. The highest BCUT2D eigenvalue weighted by Crippen LogP contribution is 2.20. The Kier molecular flexibility index (Phi) is 3.72. The molecule has 1 aliphatic rings. The molecule has 0 spiro atoms. The van der Waals surface area contributed by atoms with Gasteiger partial charge in [-0.3, -0.25) is 0 Å². The van der Waals surface area contributed by atoms with E-state index in [1.54, 1.807) is 6.07 Å². The molecule has 0 saturated carbocycles. The van der Waals surface area contributed by atoms with Crippen molar-refractivity contribution in [1.82, 2.24) is 0 Å². The number of hydrogen-bond acceptors (Lipinski definition) is 2. The minimum absolute atomic E-state index is 0.182. The lowest BCUT2D eigenvalue weighted by atomic mass is 10.2. The molecule has 82 valence electrons. The number of halogens is 2. The second kappa shape index (κ2) is 5.05. The summed E-state index contributed by atoms with van der Waals surface area (Å²) in [4.78, 5) is 0. The number of benzene rings is 1. The summed E-state index contributed by atoms with van der Waals surface area (Å²) < 4.78 is 24.4. The summed E-state index contributed by atoms with van der Waals surface area (Å²) in [5.74, 6) is -0.241. The molecular weight excluding hydrogens is 263 g/mol. The fourth-order valence-electron chi connectivity index (χ4n) is 1.49. The van der Waals surface area contributed by atoms with Gasteiger partial charge in [-0.2, -0.15) is 0 Å². The third-order valence-corrected chi connectivity index (χ3v) is 3.12. The molecule has 1 aromatic carbocycles. The zero-order chi connectivity index (χ0) is 10.7. The van der Waals surface area contributed by atoms with Crippen LogP contribution in [0.3, 0.4) is 0 Å². The molecule has 0 aromatic heterocycles. The number of rotatable bonds is 3. The Bertz CT molecular complexity index is 337. The van der Waals surface area contributed by atoms with Crippen LogP contribution in [0, 0.1) is 5.82 Å². The third kappa shape index (κ3) is 3.00. The van der Waals surface area contributed by atoms with Crippen LogP contribution in [0.5, 0.6) is 0 Å². The van der Waals surface area contributed by atoms with E-state index in [0.29, 0.717) is 13.2 Å². The zero-order valence-electron chi connectivity index (χ0n) is 8.21. The van der Waals surface area contributed by atoms with Gasteiger partial charge in [0.1, 0.15) is 5.82 Å². The van der Waals surface area contributed by atoms with E-state index in [9.17, 15) is 4.39 Å². The predicted octanol–water partition coefficient (Wildman–Crippen LogP) is 2.89. The van der Waals surface area contributed by atoms with E-state index in [4.69, 9.17) is 9.47 Å². The van der Waals surface area contributed by atoms with Crippen LogP contribution in [0.2, 0.25) is 0 Å². The van der Waals surface area contributed by atoms with Crippen molar-refractivity contribution in [2.45, 2.75) is 19.1 Å². The molecule has 1 aliphatic heterocycles. The summed E-state index contributed by atoms with van der Waals surface area (Å²) in [5.41, 5.74) is 0.961. The maximum atomic E-state index is 12.8. The van der Waals surface area contributed by atoms with Crippen LogP contribution in [0.1, 0.15) is 12.0 Å². The minimum atomic E-state index is -0.241. The molecule has 2 rings (SSSR count). The molecule has 1 atom stereocenters. The molecule has 0 aliphatic carbocycles. The molecule has 0 unspecified atom stereocenters. The van der Waals surface area contributed by atoms with Crippen LogP contribution in [-0.4, -0.2) is 19.3 Å². The maximum absolute atomic E-state index is 12.8. The van der Waals surface area contributed by atoms with E-state index in [1.165, 1.54) is 12.1 Å². The van der Waals surface area contributed by atoms with E-state index in [0.717, 1.165) is 23.1 Å². The van der Waals surface area contributed by atoms with Crippen LogP contribution in [0.4, 0.5) is 4.39 Å². The lowest BCUT2D eigenvalue weighted by Gasteiger charge is -2.10. The van der Waals surface area contributed by atoms with E-state index >= 15 is 0 Å². The largest absolute Gasteiger partial charge is 0.379 e. The normalized spacial score (nSPS) is 20.8. The van der Waals surface area contributed by atoms with Crippen LogP contribution in [0.25, 0.3) is 0 Å². The van der Waals surface area contributed by atoms with Crippen LogP contribution in [-0.2, 0) is 16.1 Å². The summed E-state index contributed by atoms with van der Waals surface area (Å²) in [7, 11) is 0. The molecule has 1 heterocycles. The standard InChI is InChI=1S/C11H12BrFO2/c12-11-5-9(13)2-1-8(11)6-15-10-3-4-14-7-10/h1-2,5,10H,3-4,6-7H2/t10-/m0/s1. The average molecular weight is 275 g/mol. The van der Waals surface area contributed by atoms with Gasteiger partial charge in [-0.05, 0) is 24.1 Å². The summed E-state index contributed by atoms with van der Waals surface area (Å²) in [6.07, 6.45) is 1.13. The predicted molar refractivity (Wildman–Crippen MR) is 58.1 cm³/mol. The van der Waals surface area contributed by atoms with Gasteiger partial charge < -0.3 is 9.47 Å². The van der Waals surface area contributed by atoms with Gasteiger partial charge in [0.05, 0.1) is 19.3 Å². The highest BCUT2D eigenvalue weighted by molar-refractivity contribution is 9.10. The summed E-state index contributed by atoms with van der Waals surface area (Å²) >= 11 is 3.31. The molecule has 1 saturated heterocycles. The first-order valence-corrected chi connectivity index (χ1v) is 5.68. The average Bonchev–Trinajstić information content (AvgIpc) is 2.69. The van der Waals surface area contributed by atoms with E-state index in [2.05, 4.69) is 15.9 Å². The minimum Gasteiger partial charge on any atom is -0.379 e. The van der Waals surface area contributed by atoms with Crippen molar-refractivity contribution in [3.05, 3.63) is 34.1 Å². The summed E-state index contributed by atoms with van der Waals surface area (Å²) in [6, 6.07) is 4.62. The van der Waals surface area contributed by atoms with Crippen LogP contribution in [0.15, 0.2) is 22.7 Å². The van der Waals surface area contributed by atoms with Crippen molar-refractivity contribution < 1.29 is 13.9 Å². The first-order valence-electron chi connectivity index (χ1n) is 4.89. The fourth-order valence-corrected chi connectivity index (χ4v) is 1.96. The van der Waals surface area contributed by atoms with Gasteiger partial charge in [0, 0.05) is 11.1 Å². The van der Waals surface area contributed by atoms with Gasteiger partial charge in [-0.15, -0.1) is 0 Å². The Morgan fingerprint density at radius 2 is 2.40 bits per heavy atom. The highest BCUT2D eigenvalue weighted by Gasteiger charge is 2.16. The van der Waals surface area contributed by atoms with Gasteiger partial charge in [-0.25, -0.2) is 4.39 Å². The Hall–Kier alpha value is -0.450. The SMILES string of the molecule is Fc1ccc(CO[C@H]2CCOC2)c(Br)c1. The number of ether oxygens (including phenoxy) is 2. The first kappa shape index (κ1) is 11.0. The van der Waals surface area contributed by atoms with Crippen molar-refractivity contribution in [2.24, 2.45) is 0 Å². The molecule has 4 heteroatoms. The first-order chi connectivity index (χ1) is 7.25. The highest BCUT2D eigenvalue weighted by atomic mass is 79.9. The summed E-state index contributed by atoms with van der Waals surface area (Å²) in [6.45, 7) is 1.93. The van der Waals surface area contributed by atoms with E-state index < -0.39 is 0 Å². The topological polar surface area (TPSA) is 18.5 Å². The molecule has 1 aromatic rings. The molecule has 0 N–H and O–H groups in total. The Morgan fingerprint density at radius 1 is 1.53 bits per heavy atom. The monoisotopic (exact) mass is 274 g/mol. The van der Waals surface area contributed by atoms with E-state index in [-0.39, 0.29) is 11.9 Å². The Morgan fingerprint density at radius 3 is 3.07 bits per heavy atom. The van der Waals surface area contributed by atoms with Crippen molar-refractivity contribution in [1.29, 1.82) is 0 Å². The van der Waals surface area contributed by atoms with Gasteiger partial charge in [0.25, 0.3) is 0 Å². The second-order valence-corrected chi connectivity index (χ2v) is 4.39. The molecule has 0 bridgehead atoms. The molecule has 2 nitrogen and oxygen atoms in total. The maximum Gasteiger partial charge on any atom is 0.124 e. The van der Waals surface area contributed by atoms with Crippen molar-refractivity contribution >= 4 is 15.9 Å². The van der Waals surface area contributed by atoms with Crippen molar-refractivity contribution in [2.75, 3.05) is 13.2 Å². The van der Waals surface area contributed by atoms with Gasteiger partial charge in [0.15, 0.2) is 0 Å². The van der Waals surface area contributed by atoms with Gasteiger partial charge >= 0.3 is 0 Å². The third-order valence-electron chi connectivity index (χ3n) is 2.38. The Balaban J connectivity index is 1.92. The lowest BCUT2D eigenvalue weighted by molar-refractivity contribution is 0.0315. The molecule has 0 radical (unpaired) electrons. The Labute approximate surface area is 96.5 Å². The molecule has 15 heavy (non-hydrogen) atoms. The van der Waals surface area contributed by atoms with Crippen LogP contribution < -0.4 is 0 Å². The van der Waals surface area contributed by atoms with Crippen LogP contribution >= 0.6 is 15.9 Å². The van der Waals surface area contributed by atoms with E-state index in [1.807, 2.05) is 0 Å². The molecular formula is C11H12BrFO2.